The number of carbonyl (C=O) groups is 1. The maximum Gasteiger partial charge on any atom is 0.272 e. The number of hydrogen-bond donors (Lipinski definition) is 2. The van der Waals surface area contributed by atoms with Crippen LogP contribution in [0.3, 0.4) is 0 Å². The quantitative estimate of drug-likeness (QED) is 0.835. The molecule has 1 aliphatic carbocycles. The van der Waals surface area contributed by atoms with E-state index in [1.807, 2.05) is 31.2 Å². The van der Waals surface area contributed by atoms with E-state index in [1.54, 1.807) is 12.1 Å². The van der Waals surface area contributed by atoms with Gasteiger partial charge in [-0.1, -0.05) is 43.4 Å². The van der Waals surface area contributed by atoms with Crippen molar-refractivity contribution >= 4 is 17.4 Å². The van der Waals surface area contributed by atoms with Gasteiger partial charge in [-0.25, -0.2) is 0 Å². The van der Waals surface area contributed by atoms with Gasteiger partial charge in [0.1, 0.15) is 0 Å². The molecular formula is C19H24N4O. The minimum atomic E-state index is -0.128. The lowest BCUT2D eigenvalue weighted by atomic mass is 10.1. The SMILES string of the molecule is Cc1ccc(Nc2ccc(C(=O)NC3CCCCCC3)nn2)cc1. The van der Waals surface area contributed by atoms with Crippen molar-refractivity contribution in [1.29, 1.82) is 0 Å². The summed E-state index contributed by atoms with van der Waals surface area (Å²) in [6.45, 7) is 2.05. The number of anilines is 2. The number of nitrogens with one attached hydrogen (secondary N) is 2. The third-order valence-corrected chi connectivity index (χ3v) is 4.41. The average molecular weight is 324 g/mol. The molecule has 0 saturated heterocycles. The second-order valence-electron chi connectivity index (χ2n) is 6.46. The Morgan fingerprint density at radius 3 is 2.29 bits per heavy atom. The van der Waals surface area contributed by atoms with Crippen molar-refractivity contribution in [2.24, 2.45) is 0 Å². The molecule has 1 aromatic heterocycles. The lowest BCUT2D eigenvalue weighted by Gasteiger charge is -2.15. The summed E-state index contributed by atoms with van der Waals surface area (Å²) in [5.41, 5.74) is 2.52. The smallest absolute Gasteiger partial charge is 0.272 e. The third-order valence-electron chi connectivity index (χ3n) is 4.41. The molecule has 1 amide bonds. The lowest BCUT2D eigenvalue weighted by Crippen LogP contribution is -2.35. The third kappa shape index (κ3) is 4.54. The number of hydrogen-bond acceptors (Lipinski definition) is 4. The summed E-state index contributed by atoms with van der Waals surface area (Å²) in [6.07, 6.45) is 7.04. The Morgan fingerprint density at radius 1 is 0.958 bits per heavy atom. The molecule has 3 rings (SSSR count). The van der Waals surface area contributed by atoms with E-state index in [2.05, 4.69) is 20.8 Å². The van der Waals surface area contributed by atoms with Gasteiger partial charge >= 0.3 is 0 Å². The van der Waals surface area contributed by atoms with Crippen molar-refractivity contribution in [3.63, 3.8) is 0 Å². The van der Waals surface area contributed by atoms with E-state index < -0.39 is 0 Å². The highest BCUT2D eigenvalue weighted by molar-refractivity contribution is 5.92. The summed E-state index contributed by atoms with van der Waals surface area (Å²) in [5.74, 6) is 0.501. The molecule has 0 bridgehead atoms. The fraction of sp³-hybridized carbons (Fsp3) is 0.421. The molecule has 1 aliphatic rings. The maximum absolute atomic E-state index is 12.3. The molecule has 5 nitrogen and oxygen atoms in total. The Balaban J connectivity index is 1.58. The Morgan fingerprint density at radius 2 is 1.67 bits per heavy atom. The first-order valence-electron chi connectivity index (χ1n) is 8.69. The highest BCUT2D eigenvalue weighted by Gasteiger charge is 2.16. The number of rotatable bonds is 4. The van der Waals surface area contributed by atoms with Crippen LogP contribution >= 0.6 is 0 Å². The van der Waals surface area contributed by atoms with Crippen LogP contribution in [0.5, 0.6) is 0 Å². The maximum atomic E-state index is 12.3. The predicted octanol–water partition coefficient (Wildman–Crippen LogP) is 3.98. The molecule has 0 radical (unpaired) electrons. The topological polar surface area (TPSA) is 66.9 Å². The molecule has 0 aliphatic heterocycles. The molecule has 2 N–H and O–H groups in total. The van der Waals surface area contributed by atoms with Gasteiger partial charge in [0.2, 0.25) is 0 Å². The zero-order valence-corrected chi connectivity index (χ0v) is 14.1. The van der Waals surface area contributed by atoms with Crippen molar-refractivity contribution in [3.8, 4) is 0 Å². The molecule has 24 heavy (non-hydrogen) atoms. The first-order chi connectivity index (χ1) is 11.7. The van der Waals surface area contributed by atoms with Gasteiger partial charge in [0, 0.05) is 11.7 Å². The van der Waals surface area contributed by atoms with Crippen molar-refractivity contribution in [1.82, 2.24) is 15.5 Å². The molecule has 1 fully saturated rings. The monoisotopic (exact) mass is 324 g/mol. The summed E-state index contributed by atoms with van der Waals surface area (Å²) in [7, 11) is 0. The van der Waals surface area contributed by atoms with Crippen LogP contribution in [0.25, 0.3) is 0 Å². The van der Waals surface area contributed by atoms with Gasteiger partial charge in [0.15, 0.2) is 11.5 Å². The van der Waals surface area contributed by atoms with E-state index in [0.29, 0.717) is 11.5 Å². The van der Waals surface area contributed by atoms with E-state index >= 15 is 0 Å². The van der Waals surface area contributed by atoms with E-state index in [1.165, 1.54) is 31.2 Å². The zero-order chi connectivity index (χ0) is 16.8. The number of carbonyl (C=O) groups excluding carboxylic acids is 1. The highest BCUT2D eigenvalue weighted by atomic mass is 16.2. The summed E-state index contributed by atoms with van der Waals surface area (Å²) in [6, 6.07) is 11.8. The van der Waals surface area contributed by atoms with Crippen LogP contribution in [0.1, 0.15) is 54.6 Å². The van der Waals surface area contributed by atoms with Crippen molar-refractivity contribution in [2.45, 2.75) is 51.5 Å². The van der Waals surface area contributed by atoms with E-state index in [4.69, 9.17) is 0 Å². The number of nitrogens with zero attached hydrogens (tertiary/aromatic N) is 2. The van der Waals surface area contributed by atoms with E-state index in [0.717, 1.165) is 18.5 Å². The minimum absolute atomic E-state index is 0.128. The van der Waals surface area contributed by atoms with Crippen molar-refractivity contribution in [3.05, 3.63) is 47.7 Å². The summed E-state index contributed by atoms with van der Waals surface area (Å²) in [4.78, 5) is 12.3. The first-order valence-corrected chi connectivity index (χ1v) is 8.69. The molecule has 126 valence electrons. The average Bonchev–Trinajstić information content (AvgIpc) is 2.86. The summed E-state index contributed by atoms with van der Waals surface area (Å²) < 4.78 is 0. The van der Waals surface area contributed by atoms with Crippen LogP contribution in [0.4, 0.5) is 11.5 Å². The van der Waals surface area contributed by atoms with Gasteiger partial charge < -0.3 is 10.6 Å². The standard InChI is InChI=1S/C19H24N4O/c1-14-8-10-16(11-9-14)20-18-13-12-17(22-23-18)19(24)21-15-6-4-2-3-5-7-15/h8-13,15H,2-7H2,1H3,(H,20,23)(H,21,24). The number of amides is 1. The second kappa shape index (κ2) is 7.90. The molecule has 1 heterocycles. The second-order valence-corrected chi connectivity index (χ2v) is 6.46. The summed E-state index contributed by atoms with van der Waals surface area (Å²) >= 11 is 0. The van der Waals surface area contributed by atoms with Gasteiger partial charge in [-0.2, -0.15) is 0 Å². The Bertz CT molecular complexity index is 659. The molecule has 0 spiro atoms. The molecule has 1 aromatic carbocycles. The molecule has 2 aromatic rings. The van der Waals surface area contributed by atoms with Gasteiger partial charge in [-0.05, 0) is 44.0 Å². The molecule has 0 atom stereocenters. The van der Waals surface area contributed by atoms with Crippen LogP contribution in [-0.2, 0) is 0 Å². The normalized spacial score (nSPS) is 15.5. The van der Waals surface area contributed by atoms with Crippen LogP contribution in [0.2, 0.25) is 0 Å². The minimum Gasteiger partial charge on any atom is -0.348 e. The number of aromatic nitrogens is 2. The summed E-state index contributed by atoms with van der Waals surface area (Å²) in [5, 5.41) is 14.4. The van der Waals surface area contributed by atoms with Crippen LogP contribution in [-0.4, -0.2) is 22.1 Å². The Hall–Kier alpha value is -2.43. The highest BCUT2D eigenvalue weighted by Crippen LogP contribution is 2.18. The molecule has 1 saturated carbocycles. The van der Waals surface area contributed by atoms with E-state index in [9.17, 15) is 4.79 Å². The van der Waals surface area contributed by atoms with Crippen molar-refractivity contribution < 1.29 is 4.79 Å². The fourth-order valence-corrected chi connectivity index (χ4v) is 2.99. The van der Waals surface area contributed by atoms with Gasteiger partial charge in [-0.3, -0.25) is 4.79 Å². The van der Waals surface area contributed by atoms with Crippen molar-refractivity contribution in [2.75, 3.05) is 5.32 Å². The Kier molecular flexibility index (Phi) is 5.41. The Labute approximate surface area is 142 Å². The van der Waals surface area contributed by atoms with Gasteiger partial charge in [0.25, 0.3) is 5.91 Å². The number of aryl methyl sites for hydroxylation is 1. The number of benzene rings is 1. The largest absolute Gasteiger partial charge is 0.348 e. The molecular weight excluding hydrogens is 300 g/mol. The van der Waals surface area contributed by atoms with Crippen LogP contribution in [0.15, 0.2) is 36.4 Å². The molecule has 5 heteroatoms. The zero-order valence-electron chi connectivity index (χ0n) is 14.1. The van der Waals surface area contributed by atoms with Crippen LogP contribution < -0.4 is 10.6 Å². The van der Waals surface area contributed by atoms with Gasteiger partial charge in [-0.15, -0.1) is 10.2 Å². The lowest BCUT2D eigenvalue weighted by molar-refractivity contribution is 0.0927. The van der Waals surface area contributed by atoms with Gasteiger partial charge in [0.05, 0.1) is 0 Å². The first kappa shape index (κ1) is 16.4. The predicted molar refractivity (Wildman–Crippen MR) is 95.4 cm³/mol. The van der Waals surface area contributed by atoms with E-state index in [-0.39, 0.29) is 11.9 Å². The fourth-order valence-electron chi connectivity index (χ4n) is 2.99. The van der Waals surface area contributed by atoms with Crippen LogP contribution in [0, 0.1) is 6.92 Å². The molecule has 0 unspecified atom stereocenters.